The Labute approximate surface area is 186 Å². The highest BCUT2D eigenvalue weighted by atomic mass is 35.5. The van der Waals surface area contributed by atoms with Crippen LogP contribution in [-0.2, 0) is 16.0 Å². The van der Waals surface area contributed by atoms with Crippen molar-refractivity contribution in [3.8, 4) is 0 Å². The Morgan fingerprint density at radius 1 is 1.17 bits per heavy atom. The highest BCUT2D eigenvalue weighted by Crippen LogP contribution is 2.31. The molecule has 154 valence electrons. The molecule has 1 fully saturated rings. The smallest absolute Gasteiger partial charge is 0.270 e. The molecule has 0 aromatic heterocycles. The molecule has 5 nitrogen and oxygen atoms in total. The first-order chi connectivity index (χ1) is 14.5. The highest BCUT2D eigenvalue weighted by Gasteiger charge is 2.35. The molecular weight excluding hydrogens is 418 g/mol. The number of para-hydroxylation sites is 1. The van der Waals surface area contributed by atoms with E-state index in [2.05, 4.69) is 29.3 Å². The molecule has 0 saturated carbocycles. The summed E-state index contributed by atoms with van der Waals surface area (Å²) < 4.78 is 0. The lowest BCUT2D eigenvalue weighted by Gasteiger charge is -2.29. The number of halogens is 1. The number of hydrogen-bond acceptors (Lipinski definition) is 4. The van der Waals surface area contributed by atoms with E-state index in [1.54, 1.807) is 30.3 Å². The number of nitrogens with one attached hydrogen (secondary N) is 1. The predicted molar refractivity (Wildman–Crippen MR) is 125 cm³/mol. The van der Waals surface area contributed by atoms with Crippen molar-refractivity contribution in [1.29, 1.82) is 0 Å². The van der Waals surface area contributed by atoms with E-state index in [1.807, 2.05) is 6.07 Å². The van der Waals surface area contributed by atoms with Gasteiger partial charge in [-0.25, -0.2) is 0 Å². The zero-order chi connectivity index (χ0) is 21.3. The highest BCUT2D eigenvalue weighted by molar-refractivity contribution is 7.80. The van der Waals surface area contributed by atoms with Crippen LogP contribution in [0.15, 0.2) is 48.0 Å². The lowest BCUT2D eigenvalue weighted by atomic mass is 10.0. The van der Waals surface area contributed by atoms with E-state index < -0.39 is 11.8 Å². The van der Waals surface area contributed by atoms with Crippen LogP contribution in [0.5, 0.6) is 0 Å². The van der Waals surface area contributed by atoms with Gasteiger partial charge < -0.3 is 4.90 Å². The summed E-state index contributed by atoms with van der Waals surface area (Å²) in [5.74, 6) is -0.986. The molecule has 7 heteroatoms. The quantitative estimate of drug-likeness (QED) is 0.428. The molecule has 0 unspecified atom stereocenters. The first-order valence-electron chi connectivity index (χ1n) is 10.0. The van der Waals surface area contributed by atoms with Crippen molar-refractivity contribution in [2.45, 2.75) is 26.2 Å². The Morgan fingerprint density at radius 3 is 2.73 bits per heavy atom. The number of amides is 2. The van der Waals surface area contributed by atoms with Gasteiger partial charge in [0, 0.05) is 18.8 Å². The van der Waals surface area contributed by atoms with Crippen molar-refractivity contribution >= 4 is 58.2 Å². The van der Waals surface area contributed by atoms with Crippen molar-refractivity contribution in [1.82, 2.24) is 5.32 Å². The number of benzene rings is 2. The van der Waals surface area contributed by atoms with Gasteiger partial charge in [0.15, 0.2) is 5.11 Å². The van der Waals surface area contributed by atoms with Crippen LogP contribution in [0.2, 0.25) is 5.02 Å². The van der Waals surface area contributed by atoms with Crippen molar-refractivity contribution in [2.24, 2.45) is 0 Å². The van der Waals surface area contributed by atoms with Crippen LogP contribution < -0.4 is 15.1 Å². The number of fused-ring (bicyclic) bond motifs is 1. The maximum atomic E-state index is 13.1. The molecule has 1 N–H and O–H groups in total. The number of hydrogen-bond donors (Lipinski definition) is 1. The van der Waals surface area contributed by atoms with E-state index in [1.165, 1.54) is 16.2 Å². The molecule has 2 heterocycles. The van der Waals surface area contributed by atoms with Crippen LogP contribution in [-0.4, -0.2) is 30.0 Å². The van der Waals surface area contributed by atoms with Crippen molar-refractivity contribution in [2.75, 3.05) is 22.9 Å². The van der Waals surface area contributed by atoms with Gasteiger partial charge in [-0.1, -0.05) is 43.1 Å². The SMILES string of the molecule is CCCCN1CCc2cc(C=C3C(=O)NC(=S)N(c4ccccc4Cl)C3=O)ccc21. The van der Waals surface area contributed by atoms with Gasteiger partial charge in [0.1, 0.15) is 5.57 Å². The molecule has 0 radical (unpaired) electrons. The summed E-state index contributed by atoms with van der Waals surface area (Å²) in [6, 6.07) is 13.0. The minimum Gasteiger partial charge on any atom is -0.371 e. The number of carbonyl (C=O) groups excluding carboxylic acids is 2. The second-order valence-corrected chi connectivity index (χ2v) is 8.18. The molecule has 4 rings (SSSR count). The van der Waals surface area contributed by atoms with E-state index in [4.69, 9.17) is 23.8 Å². The molecule has 0 aliphatic carbocycles. The molecule has 30 heavy (non-hydrogen) atoms. The Hall–Kier alpha value is -2.70. The van der Waals surface area contributed by atoms with E-state index in [9.17, 15) is 9.59 Å². The summed E-state index contributed by atoms with van der Waals surface area (Å²) in [6.07, 6.45) is 4.92. The minimum absolute atomic E-state index is 0.0239. The third-order valence-corrected chi connectivity index (χ3v) is 5.99. The minimum atomic E-state index is -0.502. The van der Waals surface area contributed by atoms with E-state index >= 15 is 0 Å². The van der Waals surface area contributed by atoms with Gasteiger partial charge in [0.2, 0.25) is 0 Å². The van der Waals surface area contributed by atoms with Gasteiger partial charge in [0.05, 0.1) is 10.7 Å². The van der Waals surface area contributed by atoms with Crippen LogP contribution in [0.25, 0.3) is 6.08 Å². The lowest BCUT2D eigenvalue weighted by Crippen LogP contribution is -2.54. The number of thiocarbonyl (C=S) groups is 1. The predicted octanol–water partition coefficient (Wildman–Crippen LogP) is 4.33. The second-order valence-electron chi connectivity index (χ2n) is 7.39. The number of unbranched alkanes of at least 4 members (excludes halogenated alkanes) is 1. The first kappa shape index (κ1) is 20.6. The average Bonchev–Trinajstić information content (AvgIpc) is 3.13. The summed E-state index contributed by atoms with van der Waals surface area (Å²) in [5.41, 5.74) is 3.77. The fraction of sp³-hybridized carbons (Fsp3) is 0.261. The molecule has 2 aromatic carbocycles. The van der Waals surface area contributed by atoms with Gasteiger partial charge in [-0.15, -0.1) is 0 Å². The van der Waals surface area contributed by atoms with Gasteiger partial charge >= 0.3 is 0 Å². The molecule has 0 atom stereocenters. The molecule has 2 amide bonds. The van der Waals surface area contributed by atoms with E-state index in [-0.39, 0.29) is 10.7 Å². The van der Waals surface area contributed by atoms with Crippen molar-refractivity contribution in [3.05, 3.63) is 64.2 Å². The maximum Gasteiger partial charge on any atom is 0.270 e. The summed E-state index contributed by atoms with van der Waals surface area (Å²) in [4.78, 5) is 29.3. The Kier molecular flexibility index (Phi) is 5.88. The molecular formula is C23H22ClN3O2S. The second kappa shape index (κ2) is 8.58. The third kappa shape index (κ3) is 3.85. The monoisotopic (exact) mass is 439 g/mol. The number of carbonyl (C=O) groups is 2. The van der Waals surface area contributed by atoms with Crippen LogP contribution in [0.4, 0.5) is 11.4 Å². The number of rotatable bonds is 5. The maximum absolute atomic E-state index is 13.1. The topological polar surface area (TPSA) is 52.7 Å². The Morgan fingerprint density at radius 2 is 1.97 bits per heavy atom. The third-order valence-electron chi connectivity index (χ3n) is 5.38. The Balaban J connectivity index is 1.65. The molecule has 1 saturated heterocycles. The largest absolute Gasteiger partial charge is 0.371 e. The van der Waals surface area contributed by atoms with Gasteiger partial charge in [0.25, 0.3) is 11.8 Å². The van der Waals surface area contributed by atoms with Gasteiger partial charge in [-0.2, -0.15) is 0 Å². The zero-order valence-corrected chi connectivity index (χ0v) is 18.2. The van der Waals surface area contributed by atoms with Crippen molar-refractivity contribution in [3.63, 3.8) is 0 Å². The van der Waals surface area contributed by atoms with Gasteiger partial charge in [-0.3, -0.25) is 19.8 Å². The van der Waals surface area contributed by atoms with Crippen LogP contribution in [0.3, 0.4) is 0 Å². The summed E-state index contributed by atoms with van der Waals surface area (Å²) in [7, 11) is 0. The fourth-order valence-electron chi connectivity index (χ4n) is 3.84. The first-order valence-corrected chi connectivity index (χ1v) is 10.8. The van der Waals surface area contributed by atoms with Crippen LogP contribution in [0.1, 0.15) is 30.9 Å². The zero-order valence-electron chi connectivity index (χ0n) is 16.7. The fourth-order valence-corrected chi connectivity index (χ4v) is 4.33. The van der Waals surface area contributed by atoms with E-state index in [0.29, 0.717) is 10.7 Å². The van der Waals surface area contributed by atoms with E-state index in [0.717, 1.165) is 37.9 Å². The standard InChI is InChI=1S/C23H22ClN3O2S/c1-2-3-11-26-12-10-16-13-15(8-9-19(16)26)14-17-21(28)25-23(30)27(22(17)29)20-7-5-4-6-18(20)24/h4-9,13-14H,2-3,10-12H2,1H3,(H,25,28,30). The number of nitrogens with zero attached hydrogens (tertiary/aromatic N) is 2. The molecule has 2 aliphatic rings. The Bertz CT molecular complexity index is 1070. The normalized spacial score (nSPS) is 17.5. The van der Waals surface area contributed by atoms with Gasteiger partial charge in [-0.05, 0) is 66.5 Å². The van der Waals surface area contributed by atoms with Crippen LogP contribution >= 0.6 is 23.8 Å². The lowest BCUT2D eigenvalue weighted by molar-refractivity contribution is -0.122. The molecule has 2 aromatic rings. The summed E-state index contributed by atoms with van der Waals surface area (Å²) in [5, 5.41) is 3.01. The summed E-state index contributed by atoms with van der Waals surface area (Å²) in [6.45, 7) is 4.24. The molecule has 0 spiro atoms. The van der Waals surface area contributed by atoms with Crippen molar-refractivity contribution < 1.29 is 9.59 Å². The molecule has 2 aliphatic heterocycles. The molecule has 0 bridgehead atoms. The van der Waals surface area contributed by atoms with Crippen LogP contribution in [0, 0.1) is 0 Å². The average molecular weight is 440 g/mol. The number of anilines is 2. The summed E-state index contributed by atoms with van der Waals surface area (Å²) >= 11 is 11.5.